The summed E-state index contributed by atoms with van der Waals surface area (Å²) in [7, 11) is 0. The lowest BCUT2D eigenvalue weighted by Gasteiger charge is -2.33. The van der Waals surface area contributed by atoms with Gasteiger partial charge in [-0.1, -0.05) is 27.2 Å². The van der Waals surface area contributed by atoms with E-state index in [0.29, 0.717) is 30.8 Å². The number of amides is 2. The average Bonchev–Trinajstić information content (AvgIpc) is 2.63. The minimum absolute atomic E-state index is 0.0213. The molecule has 1 saturated carbocycles. The van der Waals surface area contributed by atoms with Crippen LogP contribution < -0.4 is 5.32 Å². The molecule has 2 rings (SSSR count). The smallest absolute Gasteiger partial charge is 0.245 e. The summed E-state index contributed by atoms with van der Waals surface area (Å²) in [5.41, 5.74) is 0. The molecule has 1 aliphatic heterocycles. The molecule has 1 heterocycles. The summed E-state index contributed by atoms with van der Waals surface area (Å²) in [5, 5.41) is 2.88. The van der Waals surface area contributed by atoms with Crippen LogP contribution in [0.2, 0.25) is 0 Å². The minimum Gasteiger partial charge on any atom is -0.344 e. The van der Waals surface area contributed by atoms with Crippen molar-refractivity contribution in [1.29, 1.82) is 0 Å². The van der Waals surface area contributed by atoms with Gasteiger partial charge in [0.2, 0.25) is 11.8 Å². The quantitative estimate of drug-likeness (QED) is 0.848. The Hall–Kier alpha value is -1.06. The standard InChI is InChI=1S/C15H26N2O2/c1-4-5-12-15(19)17(9-8-14(18)16-12)13-7-6-10(2)11(13)3/h10-13H,4-9H2,1-3H3,(H,16,18). The van der Waals surface area contributed by atoms with Crippen molar-refractivity contribution in [2.45, 2.75) is 65.0 Å². The van der Waals surface area contributed by atoms with Crippen LogP contribution in [0.3, 0.4) is 0 Å². The van der Waals surface area contributed by atoms with E-state index in [1.54, 1.807) is 0 Å². The zero-order valence-electron chi connectivity index (χ0n) is 12.3. The topological polar surface area (TPSA) is 49.4 Å². The van der Waals surface area contributed by atoms with E-state index in [2.05, 4.69) is 26.1 Å². The first-order chi connectivity index (χ1) is 9.04. The third kappa shape index (κ3) is 2.93. The number of carbonyl (C=O) groups excluding carboxylic acids is 2. The SMILES string of the molecule is CCCC1NC(=O)CCN(C2CCC(C)C2C)C1=O. The second-order valence-electron chi connectivity index (χ2n) is 6.17. The van der Waals surface area contributed by atoms with Crippen molar-refractivity contribution in [2.75, 3.05) is 6.54 Å². The van der Waals surface area contributed by atoms with Crippen LogP contribution >= 0.6 is 0 Å². The highest BCUT2D eigenvalue weighted by Crippen LogP contribution is 2.35. The number of carbonyl (C=O) groups is 2. The molecular formula is C15H26N2O2. The molecule has 2 amide bonds. The molecular weight excluding hydrogens is 240 g/mol. The highest BCUT2D eigenvalue weighted by atomic mass is 16.2. The van der Waals surface area contributed by atoms with Crippen LogP contribution in [0, 0.1) is 11.8 Å². The van der Waals surface area contributed by atoms with Gasteiger partial charge in [-0.3, -0.25) is 9.59 Å². The second-order valence-corrected chi connectivity index (χ2v) is 6.17. The van der Waals surface area contributed by atoms with Crippen molar-refractivity contribution in [1.82, 2.24) is 10.2 Å². The van der Waals surface area contributed by atoms with E-state index < -0.39 is 0 Å². The Bertz CT molecular complexity index is 356. The molecule has 1 N–H and O–H groups in total. The molecule has 4 nitrogen and oxygen atoms in total. The van der Waals surface area contributed by atoms with E-state index in [0.717, 1.165) is 19.3 Å². The lowest BCUT2D eigenvalue weighted by atomic mass is 9.96. The predicted molar refractivity (Wildman–Crippen MR) is 74.5 cm³/mol. The van der Waals surface area contributed by atoms with Crippen LogP contribution in [-0.2, 0) is 9.59 Å². The first-order valence-electron chi connectivity index (χ1n) is 7.64. The zero-order chi connectivity index (χ0) is 14.0. The number of hydrogen-bond acceptors (Lipinski definition) is 2. The molecule has 0 spiro atoms. The van der Waals surface area contributed by atoms with E-state index in [1.807, 2.05) is 4.90 Å². The van der Waals surface area contributed by atoms with Gasteiger partial charge in [0, 0.05) is 19.0 Å². The van der Waals surface area contributed by atoms with Crippen molar-refractivity contribution in [3.8, 4) is 0 Å². The Morgan fingerprint density at radius 3 is 2.58 bits per heavy atom. The average molecular weight is 266 g/mol. The molecule has 4 atom stereocenters. The molecule has 0 aromatic carbocycles. The molecule has 4 unspecified atom stereocenters. The van der Waals surface area contributed by atoms with Crippen molar-refractivity contribution in [3.63, 3.8) is 0 Å². The van der Waals surface area contributed by atoms with E-state index in [4.69, 9.17) is 0 Å². The Morgan fingerprint density at radius 2 is 2.00 bits per heavy atom. The third-order valence-electron chi connectivity index (χ3n) is 4.90. The molecule has 2 aliphatic rings. The van der Waals surface area contributed by atoms with E-state index in [-0.39, 0.29) is 17.9 Å². The van der Waals surface area contributed by atoms with Gasteiger partial charge in [-0.05, 0) is 31.1 Å². The van der Waals surface area contributed by atoms with Gasteiger partial charge in [-0.25, -0.2) is 0 Å². The fourth-order valence-corrected chi connectivity index (χ4v) is 3.45. The third-order valence-corrected chi connectivity index (χ3v) is 4.90. The van der Waals surface area contributed by atoms with Crippen LogP contribution in [0.15, 0.2) is 0 Å². The minimum atomic E-state index is -0.303. The van der Waals surface area contributed by atoms with Crippen molar-refractivity contribution < 1.29 is 9.59 Å². The van der Waals surface area contributed by atoms with Gasteiger partial charge >= 0.3 is 0 Å². The zero-order valence-corrected chi connectivity index (χ0v) is 12.3. The molecule has 0 radical (unpaired) electrons. The summed E-state index contributed by atoms with van der Waals surface area (Å²) >= 11 is 0. The molecule has 0 aromatic heterocycles. The van der Waals surface area contributed by atoms with Crippen molar-refractivity contribution in [2.24, 2.45) is 11.8 Å². The number of nitrogens with zero attached hydrogens (tertiary/aromatic N) is 1. The van der Waals surface area contributed by atoms with Crippen LogP contribution in [0.5, 0.6) is 0 Å². The van der Waals surface area contributed by atoms with Gasteiger partial charge in [0.25, 0.3) is 0 Å². The molecule has 2 fully saturated rings. The summed E-state index contributed by atoms with van der Waals surface area (Å²) in [6.07, 6.45) is 4.39. The van der Waals surface area contributed by atoms with Crippen LogP contribution in [-0.4, -0.2) is 35.3 Å². The Labute approximate surface area is 115 Å². The Morgan fingerprint density at radius 1 is 1.26 bits per heavy atom. The first-order valence-corrected chi connectivity index (χ1v) is 7.64. The van der Waals surface area contributed by atoms with Gasteiger partial charge in [-0.2, -0.15) is 0 Å². The molecule has 19 heavy (non-hydrogen) atoms. The normalized spacial score (nSPS) is 36.3. The van der Waals surface area contributed by atoms with Crippen molar-refractivity contribution in [3.05, 3.63) is 0 Å². The summed E-state index contributed by atoms with van der Waals surface area (Å²) in [6, 6.07) is 0.0256. The summed E-state index contributed by atoms with van der Waals surface area (Å²) in [4.78, 5) is 26.4. The van der Waals surface area contributed by atoms with E-state index in [9.17, 15) is 9.59 Å². The monoisotopic (exact) mass is 266 g/mol. The first kappa shape index (κ1) is 14.4. The van der Waals surface area contributed by atoms with Gasteiger partial charge < -0.3 is 10.2 Å². The van der Waals surface area contributed by atoms with Gasteiger partial charge in [-0.15, -0.1) is 0 Å². The van der Waals surface area contributed by atoms with Gasteiger partial charge in [0.05, 0.1) is 0 Å². The molecule has 108 valence electrons. The summed E-state index contributed by atoms with van der Waals surface area (Å²) in [5.74, 6) is 1.38. The van der Waals surface area contributed by atoms with Crippen LogP contribution in [0.4, 0.5) is 0 Å². The fraction of sp³-hybridized carbons (Fsp3) is 0.867. The molecule has 1 aliphatic carbocycles. The Kier molecular flexibility index (Phi) is 4.48. The van der Waals surface area contributed by atoms with E-state index in [1.165, 1.54) is 6.42 Å². The number of nitrogens with one attached hydrogen (secondary N) is 1. The van der Waals surface area contributed by atoms with E-state index >= 15 is 0 Å². The van der Waals surface area contributed by atoms with Gasteiger partial charge in [0.1, 0.15) is 6.04 Å². The fourth-order valence-electron chi connectivity index (χ4n) is 3.45. The number of rotatable bonds is 3. The maximum Gasteiger partial charge on any atom is 0.245 e. The van der Waals surface area contributed by atoms with Crippen molar-refractivity contribution >= 4 is 11.8 Å². The number of hydrogen-bond donors (Lipinski definition) is 1. The Balaban J connectivity index is 2.14. The highest BCUT2D eigenvalue weighted by molar-refractivity contribution is 5.90. The molecule has 0 bridgehead atoms. The molecule has 4 heteroatoms. The molecule has 0 aromatic rings. The van der Waals surface area contributed by atoms with Crippen LogP contribution in [0.25, 0.3) is 0 Å². The highest BCUT2D eigenvalue weighted by Gasteiger charge is 2.39. The van der Waals surface area contributed by atoms with Crippen LogP contribution in [0.1, 0.15) is 52.9 Å². The lowest BCUT2D eigenvalue weighted by Crippen LogP contribution is -2.49. The maximum atomic E-state index is 12.6. The predicted octanol–water partition coefficient (Wildman–Crippen LogP) is 1.94. The lowest BCUT2D eigenvalue weighted by molar-refractivity contribution is -0.136. The summed E-state index contributed by atoms with van der Waals surface area (Å²) in [6.45, 7) is 7.14. The molecule has 1 saturated heterocycles. The largest absolute Gasteiger partial charge is 0.344 e. The maximum absolute atomic E-state index is 12.6. The second kappa shape index (κ2) is 5.93. The van der Waals surface area contributed by atoms with Gasteiger partial charge in [0.15, 0.2) is 0 Å². The summed E-state index contributed by atoms with van der Waals surface area (Å²) < 4.78 is 0.